The van der Waals surface area contributed by atoms with E-state index >= 15 is 0 Å². The van der Waals surface area contributed by atoms with Gasteiger partial charge in [0.2, 0.25) is 5.82 Å². The van der Waals surface area contributed by atoms with Gasteiger partial charge >= 0.3 is 5.69 Å². The van der Waals surface area contributed by atoms with Crippen LogP contribution in [0.15, 0.2) is 67.1 Å². The van der Waals surface area contributed by atoms with E-state index in [1.54, 1.807) is 12.4 Å². The maximum Gasteiger partial charge on any atom is 0.311 e. The standard InChI is InChI=1S/C18H14N4O2/c23-22(24)17-5-2-10-20-18(17)21-16-4-1-3-15(13-16)7-6-14-8-11-19-12-9-14/h1-13H,(H,20,21)/b7-6+. The molecule has 118 valence electrons. The summed E-state index contributed by atoms with van der Waals surface area (Å²) in [5.74, 6) is 0.220. The molecule has 2 heterocycles. The van der Waals surface area contributed by atoms with Crippen molar-refractivity contribution >= 4 is 29.3 Å². The van der Waals surface area contributed by atoms with E-state index in [0.717, 1.165) is 16.8 Å². The number of pyridine rings is 2. The Morgan fingerprint density at radius 3 is 2.54 bits per heavy atom. The molecule has 1 N–H and O–H groups in total. The fourth-order valence-corrected chi connectivity index (χ4v) is 2.16. The van der Waals surface area contributed by atoms with Gasteiger partial charge in [0, 0.05) is 30.3 Å². The van der Waals surface area contributed by atoms with Crippen LogP contribution in [0.4, 0.5) is 17.2 Å². The molecular weight excluding hydrogens is 304 g/mol. The minimum atomic E-state index is -0.456. The number of nitrogens with zero attached hydrogens (tertiary/aromatic N) is 3. The van der Waals surface area contributed by atoms with Crippen LogP contribution < -0.4 is 5.32 Å². The Kier molecular flexibility index (Phi) is 4.57. The normalized spacial score (nSPS) is 10.7. The first-order valence-corrected chi connectivity index (χ1v) is 7.27. The minimum absolute atomic E-state index is 0.0600. The summed E-state index contributed by atoms with van der Waals surface area (Å²) in [5.41, 5.74) is 2.68. The van der Waals surface area contributed by atoms with Gasteiger partial charge in [0.1, 0.15) is 0 Å². The predicted molar refractivity (Wildman–Crippen MR) is 93.8 cm³/mol. The Morgan fingerprint density at radius 2 is 1.75 bits per heavy atom. The second-order valence-electron chi connectivity index (χ2n) is 4.99. The molecule has 3 aromatic rings. The van der Waals surface area contributed by atoms with E-state index in [0.29, 0.717) is 0 Å². The number of hydrogen-bond donors (Lipinski definition) is 1. The molecule has 0 amide bonds. The quantitative estimate of drug-likeness (QED) is 0.560. The maximum atomic E-state index is 11.0. The van der Waals surface area contributed by atoms with Gasteiger partial charge in [0.25, 0.3) is 0 Å². The largest absolute Gasteiger partial charge is 0.334 e. The third-order valence-electron chi connectivity index (χ3n) is 3.31. The van der Waals surface area contributed by atoms with Gasteiger partial charge in [-0.3, -0.25) is 15.1 Å². The van der Waals surface area contributed by atoms with Gasteiger partial charge in [-0.25, -0.2) is 4.98 Å². The summed E-state index contributed by atoms with van der Waals surface area (Å²) in [6, 6.07) is 14.3. The van der Waals surface area contributed by atoms with E-state index in [1.165, 1.54) is 18.3 Å². The van der Waals surface area contributed by atoms with Crippen molar-refractivity contribution in [1.29, 1.82) is 0 Å². The topological polar surface area (TPSA) is 81.0 Å². The molecule has 0 unspecified atom stereocenters. The Bertz CT molecular complexity index is 879. The molecule has 2 aromatic heterocycles. The number of hydrogen-bond acceptors (Lipinski definition) is 5. The summed E-state index contributed by atoms with van der Waals surface area (Å²) in [6.07, 6.45) is 8.93. The number of aromatic nitrogens is 2. The zero-order valence-corrected chi connectivity index (χ0v) is 12.7. The van der Waals surface area contributed by atoms with Crippen LogP contribution in [0, 0.1) is 10.1 Å². The fraction of sp³-hybridized carbons (Fsp3) is 0. The molecule has 6 heteroatoms. The Morgan fingerprint density at radius 1 is 0.958 bits per heavy atom. The smallest absolute Gasteiger partial charge is 0.311 e. The zero-order valence-electron chi connectivity index (χ0n) is 12.7. The molecule has 0 fully saturated rings. The van der Waals surface area contributed by atoms with E-state index in [4.69, 9.17) is 0 Å². The zero-order chi connectivity index (χ0) is 16.8. The fourth-order valence-electron chi connectivity index (χ4n) is 2.16. The summed E-state index contributed by atoms with van der Waals surface area (Å²) in [4.78, 5) is 18.6. The van der Waals surface area contributed by atoms with Gasteiger partial charge in [-0.2, -0.15) is 0 Å². The lowest BCUT2D eigenvalue weighted by atomic mass is 10.1. The van der Waals surface area contributed by atoms with Crippen LogP contribution in [-0.2, 0) is 0 Å². The number of anilines is 2. The van der Waals surface area contributed by atoms with Crippen LogP contribution in [0.25, 0.3) is 12.2 Å². The second-order valence-corrected chi connectivity index (χ2v) is 4.99. The SMILES string of the molecule is O=[N+]([O-])c1cccnc1Nc1cccc(/C=C/c2ccncc2)c1. The third-order valence-corrected chi connectivity index (χ3v) is 3.31. The molecular formula is C18H14N4O2. The van der Waals surface area contributed by atoms with Gasteiger partial charge in [-0.05, 0) is 41.5 Å². The van der Waals surface area contributed by atoms with Crippen LogP contribution in [0.3, 0.4) is 0 Å². The van der Waals surface area contributed by atoms with Crippen molar-refractivity contribution in [2.45, 2.75) is 0 Å². The van der Waals surface area contributed by atoms with E-state index in [1.807, 2.05) is 48.6 Å². The molecule has 0 aliphatic carbocycles. The van der Waals surface area contributed by atoms with Gasteiger partial charge in [-0.1, -0.05) is 24.3 Å². The number of nitro groups is 1. The van der Waals surface area contributed by atoms with Gasteiger partial charge in [-0.15, -0.1) is 0 Å². The van der Waals surface area contributed by atoms with Crippen LogP contribution in [0.2, 0.25) is 0 Å². The molecule has 24 heavy (non-hydrogen) atoms. The summed E-state index contributed by atoms with van der Waals surface area (Å²) < 4.78 is 0. The predicted octanol–water partition coefficient (Wildman–Crippen LogP) is 4.30. The summed E-state index contributed by atoms with van der Waals surface area (Å²) in [6.45, 7) is 0. The van der Waals surface area contributed by atoms with Crippen LogP contribution >= 0.6 is 0 Å². The average molecular weight is 318 g/mol. The van der Waals surface area contributed by atoms with E-state index in [-0.39, 0.29) is 11.5 Å². The molecule has 6 nitrogen and oxygen atoms in total. The Hall–Kier alpha value is -3.54. The highest BCUT2D eigenvalue weighted by molar-refractivity contribution is 5.73. The van der Waals surface area contributed by atoms with Crippen molar-refractivity contribution in [1.82, 2.24) is 9.97 Å². The lowest BCUT2D eigenvalue weighted by molar-refractivity contribution is -0.384. The van der Waals surface area contributed by atoms with Crippen molar-refractivity contribution < 1.29 is 4.92 Å². The van der Waals surface area contributed by atoms with Crippen molar-refractivity contribution in [2.24, 2.45) is 0 Å². The van der Waals surface area contributed by atoms with Crippen molar-refractivity contribution in [3.05, 3.63) is 88.4 Å². The van der Waals surface area contributed by atoms with E-state index in [2.05, 4.69) is 15.3 Å². The molecule has 1 aromatic carbocycles. The number of benzene rings is 1. The molecule has 0 saturated carbocycles. The second kappa shape index (κ2) is 7.15. The van der Waals surface area contributed by atoms with E-state index < -0.39 is 4.92 Å². The summed E-state index contributed by atoms with van der Waals surface area (Å²) in [7, 11) is 0. The molecule has 0 saturated heterocycles. The van der Waals surface area contributed by atoms with Crippen LogP contribution in [-0.4, -0.2) is 14.9 Å². The summed E-state index contributed by atoms with van der Waals surface area (Å²) >= 11 is 0. The first kappa shape index (κ1) is 15.4. The van der Waals surface area contributed by atoms with Crippen molar-refractivity contribution in [3.8, 4) is 0 Å². The highest BCUT2D eigenvalue weighted by atomic mass is 16.6. The molecule has 0 radical (unpaired) electrons. The van der Waals surface area contributed by atoms with Gasteiger partial charge in [0.15, 0.2) is 0 Å². The lowest BCUT2D eigenvalue weighted by Crippen LogP contribution is -1.99. The van der Waals surface area contributed by atoms with Gasteiger partial charge in [0.05, 0.1) is 4.92 Å². The minimum Gasteiger partial charge on any atom is -0.334 e. The monoisotopic (exact) mass is 318 g/mol. The van der Waals surface area contributed by atoms with E-state index in [9.17, 15) is 10.1 Å². The van der Waals surface area contributed by atoms with Crippen LogP contribution in [0.1, 0.15) is 11.1 Å². The average Bonchev–Trinajstić information content (AvgIpc) is 2.61. The molecule has 0 spiro atoms. The Balaban J connectivity index is 1.81. The van der Waals surface area contributed by atoms with Gasteiger partial charge < -0.3 is 5.32 Å². The third kappa shape index (κ3) is 3.80. The molecule has 3 rings (SSSR count). The lowest BCUT2D eigenvalue weighted by Gasteiger charge is -2.06. The Labute approximate surface area is 138 Å². The summed E-state index contributed by atoms with van der Waals surface area (Å²) in [5, 5.41) is 14.0. The molecule has 0 atom stereocenters. The van der Waals surface area contributed by atoms with Crippen LogP contribution in [0.5, 0.6) is 0 Å². The highest BCUT2D eigenvalue weighted by Crippen LogP contribution is 2.25. The molecule has 0 aliphatic heterocycles. The maximum absolute atomic E-state index is 11.0. The van der Waals surface area contributed by atoms with Crippen molar-refractivity contribution in [3.63, 3.8) is 0 Å². The molecule has 0 aliphatic rings. The first-order chi connectivity index (χ1) is 11.7. The highest BCUT2D eigenvalue weighted by Gasteiger charge is 2.13. The number of rotatable bonds is 5. The molecule has 0 bridgehead atoms. The van der Waals surface area contributed by atoms with Crippen molar-refractivity contribution in [2.75, 3.05) is 5.32 Å². The number of nitrogens with one attached hydrogen (secondary N) is 1. The first-order valence-electron chi connectivity index (χ1n) is 7.27.